The van der Waals surface area contributed by atoms with Crippen LogP contribution in [0.3, 0.4) is 0 Å². The van der Waals surface area contributed by atoms with Gasteiger partial charge in [0, 0.05) is 18.0 Å². The first-order valence-corrected chi connectivity index (χ1v) is 6.56. The van der Waals surface area contributed by atoms with Crippen molar-refractivity contribution in [3.63, 3.8) is 0 Å². The number of ether oxygens (including phenoxy) is 1. The van der Waals surface area contributed by atoms with Crippen LogP contribution in [0.15, 0.2) is 42.5 Å². The van der Waals surface area contributed by atoms with E-state index in [-0.39, 0.29) is 23.8 Å². The number of nitrogens with one attached hydrogen (secondary N) is 1. The largest absolute Gasteiger partial charge is 0.485 e. The molecule has 20 heavy (non-hydrogen) atoms. The maximum absolute atomic E-state index is 13.3. The molecule has 1 aliphatic heterocycles. The number of hydrogen-bond acceptors (Lipinski definition) is 2. The van der Waals surface area contributed by atoms with Gasteiger partial charge in [0.2, 0.25) is 0 Å². The van der Waals surface area contributed by atoms with Gasteiger partial charge in [0.15, 0.2) is 0 Å². The lowest BCUT2D eigenvalue weighted by Gasteiger charge is -2.32. The first-order valence-electron chi connectivity index (χ1n) is 6.56. The van der Waals surface area contributed by atoms with Crippen LogP contribution < -0.4 is 10.1 Å². The molecule has 0 saturated carbocycles. The van der Waals surface area contributed by atoms with Gasteiger partial charge in [0.05, 0.1) is 0 Å². The summed E-state index contributed by atoms with van der Waals surface area (Å²) in [5.74, 6) is 0.136. The van der Waals surface area contributed by atoms with Gasteiger partial charge in [-0.05, 0) is 42.9 Å². The minimum Gasteiger partial charge on any atom is -0.485 e. The van der Waals surface area contributed by atoms with E-state index < -0.39 is 0 Å². The highest BCUT2D eigenvalue weighted by molar-refractivity contribution is 5.39. The number of hydrogen-bond donors (Lipinski definition) is 1. The summed E-state index contributed by atoms with van der Waals surface area (Å²) in [6.45, 7) is 0. The number of rotatable bonds is 2. The molecule has 0 bridgehead atoms. The Morgan fingerprint density at radius 3 is 2.45 bits per heavy atom. The van der Waals surface area contributed by atoms with Crippen LogP contribution in [0.4, 0.5) is 8.78 Å². The molecule has 104 valence electrons. The van der Waals surface area contributed by atoms with Crippen molar-refractivity contribution in [3.05, 3.63) is 65.2 Å². The Morgan fingerprint density at radius 1 is 1.05 bits per heavy atom. The van der Waals surface area contributed by atoms with Gasteiger partial charge < -0.3 is 10.1 Å². The normalized spacial score (nSPS) is 21.1. The van der Waals surface area contributed by atoms with Gasteiger partial charge in [0.1, 0.15) is 23.5 Å². The number of halogens is 2. The van der Waals surface area contributed by atoms with Gasteiger partial charge in [-0.15, -0.1) is 0 Å². The zero-order valence-corrected chi connectivity index (χ0v) is 11.1. The van der Waals surface area contributed by atoms with E-state index in [4.69, 9.17) is 4.74 Å². The molecule has 1 aliphatic rings. The molecule has 2 atom stereocenters. The van der Waals surface area contributed by atoms with Crippen molar-refractivity contribution in [2.75, 3.05) is 7.05 Å². The summed E-state index contributed by atoms with van der Waals surface area (Å²) in [5.41, 5.74) is 1.74. The van der Waals surface area contributed by atoms with Crippen LogP contribution in [0.5, 0.6) is 5.75 Å². The van der Waals surface area contributed by atoms with Crippen LogP contribution in [-0.4, -0.2) is 7.05 Å². The van der Waals surface area contributed by atoms with E-state index in [1.54, 1.807) is 18.2 Å². The second-order valence-corrected chi connectivity index (χ2v) is 4.92. The van der Waals surface area contributed by atoms with Gasteiger partial charge in [-0.1, -0.05) is 12.1 Å². The fourth-order valence-electron chi connectivity index (χ4n) is 2.60. The Labute approximate surface area is 116 Å². The van der Waals surface area contributed by atoms with E-state index in [2.05, 4.69) is 5.32 Å². The predicted molar refractivity (Wildman–Crippen MR) is 72.6 cm³/mol. The van der Waals surface area contributed by atoms with E-state index in [0.717, 1.165) is 11.1 Å². The lowest BCUT2D eigenvalue weighted by molar-refractivity contribution is 0.153. The molecule has 0 amide bonds. The fourth-order valence-corrected chi connectivity index (χ4v) is 2.60. The molecule has 0 spiro atoms. The van der Waals surface area contributed by atoms with Crippen molar-refractivity contribution < 1.29 is 13.5 Å². The third-order valence-corrected chi connectivity index (χ3v) is 3.66. The molecular weight excluding hydrogens is 260 g/mol. The Hall–Kier alpha value is -1.94. The molecule has 2 unspecified atom stereocenters. The molecule has 4 heteroatoms. The zero-order chi connectivity index (χ0) is 14.1. The SMILES string of the molecule is CNC1CC(c2ccc(F)cc2)Oc2ccc(F)cc21. The van der Waals surface area contributed by atoms with E-state index in [0.29, 0.717) is 12.2 Å². The molecular formula is C16H15F2NO. The van der Waals surface area contributed by atoms with Crippen molar-refractivity contribution in [1.29, 1.82) is 0 Å². The predicted octanol–water partition coefficient (Wildman–Crippen LogP) is 3.75. The van der Waals surface area contributed by atoms with E-state index in [1.165, 1.54) is 24.3 Å². The Bertz CT molecular complexity index is 612. The highest BCUT2D eigenvalue weighted by atomic mass is 19.1. The first-order chi connectivity index (χ1) is 9.67. The second-order valence-electron chi connectivity index (χ2n) is 4.92. The van der Waals surface area contributed by atoms with Crippen molar-refractivity contribution in [2.45, 2.75) is 18.6 Å². The minimum absolute atomic E-state index is 0.0181. The topological polar surface area (TPSA) is 21.3 Å². The van der Waals surface area contributed by atoms with Gasteiger partial charge in [-0.25, -0.2) is 8.78 Å². The maximum atomic E-state index is 13.3. The average molecular weight is 275 g/mol. The molecule has 0 aliphatic carbocycles. The summed E-state index contributed by atoms with van der Waals surface area (Å²) in [6.07, 6.45) is 0.518. The van der Waals surface area contributed by atoms with Crippen LogP contribution >= 0.6 is 0 Å². The summed E-state index contributed by atoms with van der Waals surface area (Å²) >= 11 is 0. The molecule has 0 saturated heterocycles. The van der Waals surface area contributed by atoms with Crippen LogP contribution in [-0.2, 0) is 0 Å². The summed E-state index contributed by atoms with van der Waals surface area (Å²) in [6, 6.07) is 10.8. The van der Waals surface area contributed by atoms with E-state index >= 15 is 0 Å². The summed E-state index contributed by atoms with van der Waals surface area (Å²) < 4.78 is 32.2. The number of benzene rings is 2. The van der Waals surface area contributed by atoms with Crippen LogP contribution in [0, 0.1) is 11.6 Å². The standard InChI is InChI=1S/C16H15F2NO/c1-19-14-9-16(10-2-4-11(17)5-3-10)20-15-7-6-12(18)8-13(14)15/h2-8,14,16,19H,9H2,1H3. The lowest BCUT2D eigenvalue weighted by atomic mass is 9.93. The highest BCUT2D eigenvalue weighted by Gasteiger charge is 2.28. The molecule has 1 N–H and O–H groups in total. The van der Waals surface area contributed by atoms with E-state index in [9.17, 15) is 8.78 Å². The second kappa shape index (κ2) is 5.21. The van der Waals surface area contributed by atoms with Gasteiger partial charge >= 0.3 is 0 Å². The van der Waals surface area contributed by atoms with Gasteiger partial charge in [0.25, 0.3) is 0 Å². The maximum Gasteiger partial charge on any atom is 0.126 e. The summed E-state index contributed by atoms with van der Waals surface area (Å²) in [4.78, 5) is 0. The van der Waals surface area contributed by atoms with Crippen LogP contribution in [0.25, 0.3) is 0 Å². The van der Waals surface area contributed by atoms with Gasteiger partial charge in [-0.3, -0.25) is 0 Å². The van der Waals surface area contributed by atoms with E-state index in [1.807, 2.05) is 7.05 Å². The van der Waals surface area contributed by atoms with Crippen molar-refractivity contribution >= 4 is 0 Å². The molecule has 2 nitrogen and oxygen atoms in total. The molecule has 0 radical (unpaired) electrons. The third-order valence-electron chi connectivity index (χ3n) is 3.66. The minimum atomic E-state index is -0.271. The lowest BCUT2D eigenvalue weighted by Crippen LogP contribution is -2.26. The fraction of sp³-hybridized carbons (Fsp3) is 0.250. The molecule has 0 fully saturated rings. The third kappa shape index (κ3) is 2.39. The Morgan fingerprint density at radius 2 is 1.75 bits per heavy atom. The van der Waals surface area contributed by atoms with Gasteiger partial charge in [-0.2, -0.15) is 0 Å². The smallest absolute Gasteiger partial charge is 0.126 e. The number of fused-ring (bicyclic) bond motifs is 1. The molecule has 1 heterocycles. The highest BCUT2D eigenvalue weighted by Crippen LogP contribution is 2.40. The van der Waals surface area contributed by atoms with Crippen LogP contribution in [0.1, 0.15) is 29.7 Å². The summed E-state index contributed by atoms with van der Waals surface area (Å²) in [7, 11) is 1.84. The zero-order valence-electron chi connectivity index (χ0n) is 11.1. The first kappa shape index (κ1) is 13.1. The molecule has 3 rings (SSSR count). The quantitative estimate of drug-likeness (QED) is 0.901. The molecule has 2 aromatic rings. The van der Waals surface area contributed by atoms with Crippen LogP contribution in [0.2, 0.25) is 0 Å². The average Bonchev–Trinajstić information content (AvgIpc) is 2.47. The Kier molecular flexibility index (Phi) is 3.40. The molecule has 0 aromatic heterocycles. The Balaban J connectivity index is 1.94. The monoisotopic (exact) mass is 275 g/mol. The van der Waals surface area contributed by atoms with Crippen molar-refractivity contribution in [1.82, 2.24) is 5.32 Å². The van der Waals surface area contributed by atoms with Crippen molar-refractivity contribution in [3.8, 4) is 5.75 Å². The van der Waals surface area contributed by atoms with Crippen molar-refractivity contribution in [2.24, 2.45) is 0 Å². The summed E-state index contributed by atoms with van der Waals surface area (Å²) in [5, 5.41) is 3.18. The molecule has 2 aromatic carbocycles.